The number of rotatable bonds is 5. The first kappa shape index (κ1) is 17.2. The average molecular weight is 358 g/mol. The van der Waals surface area contributed by atoms with Gasteiger partial charge in [0.2, 0.25) is 11.8 Å². The van der Waals surface area contributed by atoms with E-state index in [0.717, 1.165) is 49.3 Å². The van der Waals surface area contributed by atoms with Crippen LogP contribution in [0.25, 0.3) is 0 Å². The average Bonchev–Trinajstić information content (AvgIpc) is 3.25. The number of methoxy groups -OCH3 is 2. The Morgan fingerprint density at radius 2 is 1.96 bits per heavy atom. The van der Waals surface area contributed by atoms with Gasteiger partial charge < -0.3 is 19.3 Å². The number of likely N-dealkylation sites (tertiary alicyclic amines) is 2. The molecule has 2 aliphatic heterocycles. The monoisotopic (exact) mass is 358 g/mol. The number of benzene rings is 1. The van der Waals surface area contributed by atoms with E-state index in [4.69, 9.17) is 9.47 Å². The molecule has 0 N–H and O–H groups in total. The molecule has 1 saturated carbocycles. The summed E-state index contributed by atoms with van der Waals surface area (Å²) in [4.78, 5) is 29.3. The molecule has 0 spiro atoms. The maximum Gasteiger partial charge on any atom is 0.228 e. The van der Waals surface area contributed by atoms with Gasteiger partial charge in [-0.1, -0.05) is 0 Å². The summed E-state index contributed by atoms with van der Waals surface area (Å²) in [5, 5.41) is 0. The van der Waals surface area contributed by atoms with Crippen LogP contribution in [0.5, 0.6) is 11.5 Å². The van der Waals surface area contributed by atoms with E-state index in [0.29, 0.717) is 19.0 Å². The number of nitrogens with zero attached hydrogens (tertiary/aromatic N) is 2. The summed E-state index contributed by atoms with van der Waals surface area (Å²) in [6, 6.07) is 6.16. The van der Waals surface area contributed by atoms with E-state index in [1.165, 1.54) is 0 Å². The molecular weight excluding hydrogens is 332 g/mol. The number of hydrogen-bond donors (Lipinski definition) is 0. The first-order chi connectivity index (χ1) is 12.6. The molecule has 3 aliphatic rings. The lowest BCUT2D eigenvalue weighted by molar-refractivity contribution is -0.136. The van der Waals surface area contributed by atoms with E-state index in [2.05, 4.69) is 0 Å². The Hall–Kier alpha value is -2.24. The van der Waals surface area contributed by atoms with Gasteiger partial charge in [-0.3, -0.25) is 9.59 Å². The highest BCUT2D eigenvalue weighted by Crippen LogP contribution is 2.41. The van der Waals surface area contributed by atoms with Crippen molar-refractivity contribution in [3.05, 3.63) is 23.8 Å². The number of amides is 2. The van der Waals surface area contributed by atoms with Gasteiger partial charge in [0.25, 0.3) is 0 Å². The molecule has 140 valence electrons. The minimum absolute atomic E-state index is 0.00781. The second kappa shape index (κ2) is 6.82. The second-order valence-corrected chi connectivity index (χ2v) is 7.48. The van der Waals surface area contributed by atoms with E-state index < -0.39 is 0 Å². The number of carbonyl (C=O) groups excluding carboxylic acids is 2. The Morgan fingerprint density at radius 3 is 2.65 bits per heavy atom. The zero-order valence-corrected chi connectivity index (χ0v) is 15.4. The standard InChI is InChI=1S/C20H26N2O4/c1-25-15-7-8-16(18(11-15)26-2)17-4-3-9-21(17)20(24)13-10-19(23)22(12-13)14-5-6-14/h7-8,11,13-14,17H,3-6,9-10,12H2,1-2H3/t13-,17-/m0/s1. The summed E-state index contributed by atoms with van der Waals surface area (Å²) >= 11 is 0. The largest absolute Gasteiger partial charge is 0.497 e. The molecule has 0 radical (unpaired) electrons. The minimum atomic E-state index is -0.201. The maximum atomic E-state index is 13.2. The van der Waals surface area contributed by atoms with Crippen LogP contribution in [0.4, 0.5) is 0 Å². The first-order valence-electron chi connectivity index (χ1n) is 9.44. The molecule has 0 bridgehead atoms. The highest BCUT2D eigenvalue weighted by Gasteiger charge is 2.44. The van der Waals surface area contributed by atoms with Crippen LogP contribution >= 0.6 is 0 Å². The molecule has 1 aromatic carbocycles. The summed E-state index contributed by atoms with van der Waals surface area (Å²) in [6.07, 6.45) is 4.42. The summed E-state index contributed by atoms with van der Waals surface area (Å²) in [7, 11) is 3.27. The van der Waals surface area contributed by atoms with Crippen LogP contribution in [0.3, 0.4) is 0 Å². The first-order valence-corrected chi connectivity index (χ1v) is 9.44. The Labute approximate surface area is 154 Å². The molecule has 0 aromatic heterocycles. The molecule has 6 heteroatoms. The molecule has 2 amide bonds. The zero-order valence-electron chi connectivity index (χ0n) is 15.4. The Bertz CT molecular complexity index is 716. The van der Waals surface area contributed by atoms with Gasteiger partial charge in [0, 0.05) is 37.2 Å². The summed E-state index contributed by atoms with van der Waals surface area (Å²) in [6.45, 7) is 1.33. The van der Waals surface area contributed by atoms with E-state index >= 15 is 0 Å². The van der Waals surface area contributed by atoms with Crippen molar-refractivity contribution in [1.82, 2.24) is 9.80 Å². The van der Waals surface area contributed by atoms with Gasteiger partial charge >= 0.3 is 0 Å². The van der Waals surface area contributed by atoms with Crippen LogP contribution in [0.15, 0.2) is 18.2 Å². The highest BCUT2D eigenvalue weighted by molar-refractivity contribution is 5.90. The van der Waals surface area contributed by atoms with Crippen molar-refractivity contribution in [1.29, 1.82) is 0 Å². The highest BCUT2D eigenvalue weighted by atomic mass is 16.5. The quantitative estimate of drug-likeness (QED) is 0.811. The van der Waals surface area contributed by atoms with E-state index in [1.807, 2.05) is 28.0 Å². The Balaban J connectivity index is 1.53. The lowest BCUT2D eigenvalue weighted by Crippen LogP contribution is -2.37. The topological polar surface area (TPSA) is 59.1 Å². The van der Waals surface area contributed by atoms with Crippen LogP contribution in [0, 0.1) is 5.92 Å². The molecule has 2 atom stereocenters. The summed E-state index contributed by atoms with van der Waals surface area (Å²) in [5.41, 5.74) is 1.02. The zero-order chi connectivity index (χ0) is 18.3. The summed E-state index contributed by atoms with van der Waals surface area (Å²) in [5.74, 6) is 1.54. The molecule has 2 heterocycles. The van der Waals surface area contributed by atoms with Gasteiger partial charge in [-0.15, -0.1) is 0 Å². The molecule has 0 unspecified atom stereocenters. The van der Waals surface area contributed by atoms with Crippen molar-refractivity contribution in [3.8, 4) is 11.5 Å². The third-order valence-corrected chi connectivity index (χ3v) is 5.83. The Morgan fingerprint density at radius 1 is 1.15 bits per heavy atom. The van der Waals surface area contributed by atoms with Gasteiger partial charge in [-0.25, -0.2) is 0 Å². The fourth-order valence-corrected chi connectivity index (χ4v) is 4.32. The predicted molar refractivity (Wildman–Crippen MR) is 96.1 cm³/mol. The maximum absolute atomic E-state index is 13.2. The number of ether oxygens (including phenoxy) is 2. The van der Waals surface area contributed by atoms with Crippen molar-refractivity contribution < 1.29 is 19.1 Å². The van der Waals surface area contributed by atoms with Gasteiger partial charge in [-0.2, -0.15) is 0 Å². The second-order valence-electron chi connectivity index (χ2n) is 7.48. The SMILES string of the molecule is COc1ccc([C@@H]2CCCN2C(=O)[C@H]2CC(=O)N(C3CC3)C2)c(OC)c1. The lowest BCUT2D eigenvalue weighted by Gasteiger charge is -2.28. The molecule has 2 saturated heterocycles. The fourth-order valence-electron chi connectivity index (χ4n) is 4.32. The molecule has 1 aliphatic carbocycles. The molecular formula is C20H26N2O4. The van der Waals surface area contributed by atoms with Crippen LogP contribution < -0.4 is 9.47 Å². The van der Waals surface area contributed by atoms with E-state index in [1.54, 1.807) is 14.2 Å². The van der Waals surface area contributed by atoms with Crippen molar-refractivity contribution in [3.63, 3.8) is 0 Å². The fraction of sp³-hybridized carbons (Fsp3) is 0.600. The molecule has 4 rings (SSSR count). The van der Waals surface area contributed by atoms with Gasteiger partial charge in [0.1, 0.15) is 11.5 Å². The number of carbonyl (C=O) groups is 2. The Kier molecular flexibility index (Phi) is 4.51. The van der Waals surface area contributed by atoms with Crippen molar-refractivity contribution in [2.45, 2.75) is 44.2 Å². The van der Waals surface area contributed by atoms with Gasteiger partial charge in [0.05, 0.1) is 26.2 Å². The van der Waals surface area contributed by atoms with Crippen molar-refractivity contribution >= 4 is 11.8 Å². The molecule has 3 fully saturated rings. The normalized spacial score (nSPS) is 25.7. The molecule has 1 aromatic rings. The third-order valence-electron chi connectivity index (χ3n) is 5.83. The smallest absolute Gasteiger partial charge is 0.228 e. The molecule has 26 heavy (non-hydrogen) atoms. The van der Waals surface area contributed by atoms with Crippen molar-refractivity contribution in [2.24, 2.45) is 5.92 Å². The van der Waals surface area contributed by atoms with E-state index in [-0.39, 0.29) is 23.8 Å². The van der Waals surface area contributed by atoms with Gasteiger partial charge in [0.15, 0.2) is 0 Å². The van der Waals surface area contributed by atoms with Crippen LogP contribution in [0.1, 0.15) is 43.7 Å². The van der Waals surface area contributed by atoms with Crippen LogP contribution in [-0.2, 0) is 9.59 Å². The predicted octanol–water partition coefficient (Wildman–Crippen LogP) is 2.38. The third kappa shape index (κ3) is 3.02. The summed E-state index contributed by atoms with van der Waals surface area (Å²) < 4.78 is 10.8. The van der Waals surface area contributed by atoms with Gasteiger partial charge in [-0.05, 0) is 37.8 Å². The van der Waals surface area contributed by atoms with E-state index in [9.17, 15) is 9.59 Å². The molecule has 6 nitrogen and oxygen atoms in total. The lowest BCUT2D eigenvalue weighted by atomic mass is 10.0. The minimum Gasteiger partial charge on any atom is -0.497 e. The van der Waals surface area contributed by atoms with Crippen LogP contribution in [-0.4, -0.2) is 55.0 Å². The van der Waals surface area contributed by atoms with Crippen LogP contribution in [0.2, 0.25) is 0 Å². The van der Waals surface area contributed by atoms with Crippen molar-refractivity contribution in [2.75, 3.05) is 27.3 Å². The number of hydrogen-bond acceptors (Lipinski definition) is 4.